The highest BCUT2D eigenvalue weighted by atomic mass is 32.2. The predicted octanol–water partition coefficient (Wildman–Crippen LogP) is 6.23. The quantitative estimate of drug-likeness (QED) is 0.477. The molecule has 174 valence electrons. The Bertz CT molecular complexity index is 1380. The van der Waals surface area contributed by atoms with E-state index in [1.54, 1.807) is 37.3 Å². The molecule has 8 heteroatoms. The van der Waals surface area contributed by atoms with Crippen molar-refractivity contribution in [2.24, 2.45) is 0 Å². The highest BCUT2D eigenvalue weighted by Gasteiger charge is 2.37. The van der Waals surface area contributed by atoms with Crippen LogP contribution in [0.4, 0.5) is 13.2 Å². The van der Waals surface area contributed by atoms with Crippen LogP contribution in [0.3, 0.4) is 0 Å². The second kappa shape index (κ2) is 8.48. The maximum Gasteiger partial charge on any atom is 0.416 e. The lowest BCUT2D eigenvalue weighted by Crippen LogP contribution is -2.16. The molecule has 0 aliphatic heterocycles. The number of nitrogens with zero attached hydrogens (tertiary/aromatic N) is 1. The lowest BCUT2D eigenvalue weighted by molar-refractivity contribution is -0.0874. The van der Waals surface area contributed by atoms with E-state index in [0.717, 1.165) is 16.6 Å². The van der Waals surface area contributed by atoms with Crippen LogP contribution in [0.1, 0.15) is 47.8 Å². The number of nitrogens with one attached hydrogen (secondary N) is 1. The standard InChI is InChI=1S/C25H25F3N2O2S/c1-4-33(31,32)18-11-9-17(10-12-18)14-22-29-21-13-15(2)23(16(3)24(21)30-22)19-7-5-6-8-20(19)25(26,27)28/h7-13H,4-6,14H2,1-3H3,(H,29,30). The third-order valence-electron chi connectivity index (χ3n) is 6.03. The van der Waals surface area contributed by atoms with Crippen molar-refractivity contribution in [3.05, 3.63) is 76.1 Å². The van der Waals surface area contributed by atoms with Crippen LogP contribution < -0.4 is 0 Å². The van der Waals surface area contributed by atoms with Gasteiger partial charge < -0.3 is 4.98 Å². The van der Waals surface area contributed by atoms with Crippen molar-refractivity contribution < 1.29 is 21.6 Å². The summed E-state index contributed by atoms with van der Waals surface area (Å²) in [7, 11) is -3.26. The SMILES string of the molecule is CCS(=O)(=O)c1ccc(Cc2nc3c(C)c(C4=CCCC=C4C(F)(F)F)c(C)cc3[nH]2)cc1. The number of imidazole rings is 1. The number of hydrogen-bond acceptors (Lipinski definition) is 3. The number of aromatic amines is 1. The van der Waals surface area contributed by atoms with Crippen molar-refractivity contribution in [3.8, 4) is 0 Å². The van der Waals surface area contributed by atoms with Crippen LogP contribution in [0.5, 0.6) is 0 Å². The molecule has 33 heavy (non-hydrogen) atoms. The molecule has 2 aromatic carbocycles. The Kier molecular flexibility index (Phi) is 5.99. The van der Waals surface area contributed by atoms with Crippen molar-refractivity contribution in [2.45, 2.75) is 51.1 Å². The number of aryl methyl sites for hydroxylation is 2. The Labute approximate surface area is 191 Å². The number of benzene rings is 2. The number of allylic oxidation sites excluding steroid dienone is 4. The van der Waals surface area contributed by atoms with E-state index in [2.05, 4.69) is 9.97 Å². The second-order valence-corrected chi connectivity index (χ2v) is 10.6. The summed E-state index contributed by atoms with van der Waals surface area (Å²) in [5.74, 6) is 0.707. The highest BCUT2D eigenvalue weighted by Crippen LogP contribution is 2.42. The molecule has 1 aliphatic rings. The summed E-state index contributed by atoms with van der Waals surface area (Å²) in [5, 5.41) is 0. The van der Waals surface area contributed by atoms with Crippen molar-refractivity contribution in [1.82, 2.24) is 9.97 Å². The van der Waals surface area contributed by atoms with Crippen molar-refractivity contribution in [1.29, 1.82) is 0 Å². The minimum Gasteiger partial charge on any atom is -0.342 e. The van der Waals surface area contributed by atoms with Gasteiger partial charge in [-0.2, -0.15) is 13.2 Å². The number of halogens is 3. The molecule has 0 unspecified atom stereocenters. The fourth-order valence-electron chi connectivity index (χ4n) is 4.38. The molecule has 0 amide bonds. The molecule has 1 N–H and O–H groups in total. The summed E-state index contributed by atoms with van der Waals surface area (Å²) in [6, 6.07) is 8.53. The van der Waals surface area contributed by atoms with Crippen LogP contribution in [0, 0.1) is 13.8 Å². The summed E-state index contributed by atoms with van der Waals surface area (Å²) in [5.41, 5.74) is 3.98. The smallest absolute Gasteiger partial charge is 0.342 e. The van der Waals surface area contributed by atoms with Gasteiger partial charge >= 0.3 is 6.18 Å². The molecule has 0 atom stereocenters. The molecule has 0 saturated heterocycles. The number of alkyl halides is 3. The zero-order chi connectivity index (χ0) is 24.0. The molecular weight excluding hydrogens is 449 g/mol. The van der Waals surface area contributed by atoms with Crippen LogP contribution in [0.25, 0.3) is 16.6 Å². The summed E-state index contributed by atoms with van der Waals surface area (Å²) >= 11 is 0. The fourth-order valence-corrected chi connectivity index (χ4v) is 5.27. The van der Waals surface area contributed by atoms with Crippen molar-refractivity contribution in [3.63, 3.8) is 0 Å². The van der Waals surface area contributed by atoms with Crippen LogP contribution in [-0.2, 0) is 16.3 Å². The van der Waals surface area contributed by atoms with E-state index in [0.29, 0.717) is 41.7 Å². The molecular formula is C25H25F3N2O2S. The largest absolute Gasteiger partial charge is 0.416 e. The molecule has 0 radical (unpaired) electrons. The van der Waals surface area contributed by atoms with Crippen molar-refractivity contribution in [2.75, 3.05) is 5.75 Å². The highest BCUT2D eigenvalue weighted by molar-refractivity contribution is 7.91. The van der Waals surface area contributed by atoms with Gasteiger partial charge in [0.1, 0.15) is 5.82 Å². The van der Waals surface area contributed by atoms with E-state index in [4.69, 9.17) is 0 Å². The van der Waals surface area contributed by atoms with Gasteiger partial charge in [-0.15, -0.1) is 0 Å². The summed E-state index contributed by atoms with van der Waals surface area (Å²) in [4.78, 5) is 8.23. The molecule has 4 rings (SSSR count). The van der Waals surface area contributed by atoms with Gasteiger partial charge in [0.05, 0.1) is 27.3 Å². The van der Waals surface area contributed by atoms with Crippen LogP contribution >= 0.6 is 0 Å². The Morgan fingerprint density at radius 2 is 1.73 bits per heavy atom. The number of H-pyrrole nitrogens is 1. The molecule has 1 heterocycles. The summed E-state index contributed by atoms with van der Waals surface area (Å²) in [6.07, 6.45) is -0.0647. The summed E-state index contributed by atoms with van der Waals surface area (Å²) < 4.78 is 65.0. The first-order valence-corrected chi connectivity index (χ1v) is 12.4. The van der Waals surface area contributed by atoms with E-state index >= 15 is 0 Å². The third kappa shape index (κ3) is 4.49. The van der Waals surface area contributed by atoms with E-state index in [-0.39, 0.29) is 16.2 Å². The number of rotatable bonds is 5. The molecule has 0 saturated carbocycles. The lowest BCUT2D eigenvalue weighted by Gasteiger charge is -2.22. The van der Waals surface area contributed by atoms with Gasteiger partial charge in [-0.1, -0.05) is 31.2 Å². The fraction of sp³-hybridized carbons (Fsp3) is 0.320. The van der Waals surface area contributed by atoms with Crippen LogP contribution in [0.2, 0.25) is 0 Å². The van der Waals surface area contributed by atoms with Crippen LogP contribution in [0.15, 0.2) is 53.0 Å². The van der Waals surface area contributed by atoms with Gasteiger partial charge in [0.15, 0.2) is 9.84 Å². The van der Waals surface area contributed by atoms with Gasteiger partial charge in [0.2, 0.25) is 0 Å². The molecule has 4 nitrogen and oxygen atoms in total. The first-order valence-electron chi connectivity index (χ1n) is 10.8. The van der Waals surface area contributed by atoms with E-state index in [1.807, 2.05) is 19.9 Å². The molecule has 1 aromatic heterocycles. The first kappa shape index (κ1) is 23.3. The molecule has 0 fully saturated rings. The monoisotopic (exact) mass is 474 g/mol. The number of aromatic nitrogens is 2. The number of sulfone groups is 1. The zero-order valence-corrected chi connectivity index (χ0v) is 19.5. The lowest BCUT2D eigenvalue weighted by atomic mass is 9.86. The minimum absolute atomic E-state index is 0.0402. The molecule has 0 bridgehead atoms. The Morgan fingerprint density at radius 1 is 1.06 bits per heavy atom. The average Bonchev–Trinajstić information content (AvgIpc) is 3.16. The Morgan fingerprint density at radius 3 is 2.36 bits per heavy atom. The molecule has 0 spiro atoms. The van der Waals surface area contributed by atoms with Gasteiger partial charge in [-0.25, -0.2) is 13.4 Å². The number of fused-ring (bicyclic) bond motifs is 1. The van der Waals surface area contributed by atoms with Crippen LogP contribution in [-0.4, -0.2) is 30.3 Å². The number of hydrogen-bond donors (Lipinski definition) is 1. The first-order chi connectivity index (χ1) is 15.5. The van der Waals surface area contributed by atoms with E-state index in [1.165, 1.54) is 6.08 Å². The predicted molar refractivity (Wildman–Crippen MR) is 124 cm³/mol. The van der Waals surface area contributed by atoms with Gasteiger partial charge in [0, 0.05) is 6.42 Å². The normalized spacial score (nSPS) is 15.0. The third-order valence-corrected chi connectivity index (χ3v) is 7.78. The van der Waals surface area contributed by atoms with E-state index < -0.39 is 21.6 Å². The average molecular weight is 475 g/mol. The molecule has 3 aromatic rings. The molecule has 1 aliphatic carbocycles. The van der Waals surface area contributed by atoms with Crippen molar-refractivity contribution >= 4 is 26.4 Å². The topological polar surface area (TPSA) is 62.8 Å². The second-order valence-electron chi connectivity index (χ2n) is 8.31. The Balaban J connectivity index is 1.70. The zero-order valence-electron chi connectivity index (χ0n) is 18.7. The van der Waals surface area contributed by atoms with Gasteiger partial charge in [0.25, 0.3) is 0 Å². The maximum absolute atomic E-state index is 13.7. The summed E-state index contributed by atoms with van der Waals surface area (Å²) in [6.45, 7) is 5.23. The van der Waals surface area contributed by atoms with Gasteiger partial charge in [-0.05, 0) is 72.7 Å². The Hall–Kier alpha value is -2.87. The maximum atomic E-state index is 13.7. The minimum atomic E-state index is -4.41. The van der Waals surface area contributed by atoms with Gasteiger partial charge in [-0.3, -0.25) is 0 Å². The van der Waals surface area contributed by atoms with E-state index in [9.17, 15) is 21.6 Å².